The quantitative estimate of drug-likeness (QED) is 0.163. The average Bonchev–Trinajstić information content (AvgIpc) is 3.65. The Kier molecular flexibility index (Phi) is 7.79. The zero-order valence-electron chi connectivity index (χ0n) is 34.1. The molecular formula is C59H36N4. The third-order valence-electron chi connectivity index (χ3n) is 13.2. The topological polar surface area (TPSA) is 51.6 Å². The van der Waals surface area contributed by atoms with E-state index in [4.69, 9.17) is 15.0 Å². The highest BCUT2D eigenvalue weighted by Gasteiger charge is 2.46. The smallest absolute Gasteiger partial charge is 0.0970 e. The fourth-order valence-electron chi connectivity index (χ4n) is 10.4. The fraction of sp³-hybridized carbons (Fsp3) is 0.0169. The Bertz CT molecular complexity index is 3750. The number of aromatic nitrogens is 4. The van der Waals surface area contributed by atoms with Crippen LogP contribution < -0.4 is 0 Å². The summed E-state index contributed by atoms with van der Waals surface area (Å²) < 4.78 is 0. The molecule has 4 nitrogen and oxygen atoms in total. The molecule has 0 saturated heterocycles. The first-order chi connectivity index (χ1) is 31.2. The Morgan fingerprint density at radius 1 is 0.333 bits per heavy atom. The van der Waals surface area contributed by atoms with E-state index < -0.39 is 5.41 Å². The molecule has 0 spiro atoms. The Balaban J connectivity index is 0.930. The predicted octanol–water partition coefficient (Wildman–Crippen LogP) is 14.4. The number of para-hydroxylation sites is 1. The number of nitrogens with zero attached hydrogens (tertiary/aromatic N) is 4. The van der Waals surface area contributed by atoms with E-state index in [2.05, 4.69) is 199 Å². The van der Waals surface area contributed by atoms with Gasteiger partial charge in [-0.15, -0.1) is 0 Å². The van der Waals surface area contributed by atoms with E-state index in [0.29, 0.717) is 0 Å². The number of hydrogen-bond acceptors (Lipinski definition) is 4. The standard InChI is InChI=1S/C59H36N4/c1-3-14-42(15-4-1)59(43-16-5-2-6-17-43)51-21-9-7-18-44(51)49-35-50-48(36-52(49)59)45-19-8-10-22-55(45)63-56(50)38-25-23-37(24-26-38)53-30-28-40-33-39(27-29-54(40)62-53)47-34-41-13-11-31-60-57(41)58-46(47)20-12-32-61-58/h1-36H. The molecular weight excluding hydrogens is 765 g/mol. The number of fused-ring (bicyclic) bond motifs is 10. The summed E-state index contributed by atoms with van der Waals surface area (Å²) in [6.45, 7) is 0. The molecule has 13 rings (SSSR count). The van der Waals surface area contributed by atoms with E-state index in [9.17, 15) is 0 Å². The van der Waals surface area contributed by atoms with Crippen LogP contribution in [0.1, 0.15) is 22.3 Å². The lowest BCUT2D eigenvalue weighted by atomic mass is 9.67. The van der Waals surface area contributed by atoms with Gasteiger partial charge in [0.1, 0.15) is 0 Å². The largest absolute Gasteiger partial charge is 0.254 e. The van der Waals surface area contributed by atoms with Crippen molar-refractivity contribution in [3.63, 3.8) is 0 Å². The molecule has 0 N–H and O–H groups in total. The highest BCUT2D eigenvalue weighted by molar-refractivity contribution is 6.14. The van der Waals surface area contributed by atoms with Crippen molar-refractivity contribution >= 4 is 54.4 Å². The van der Waals surface area contributed by atoms with Crippen molar-refractivity contribution in [2.24, 2.45) is 0 Å². The average molecular weight is 801 g/mol. The van der Waals surface area contributed by atoms with E-state index in [1.165, 1.54) is 38.8 Å². The summed E-state index contributed by atoms with van der Waals surface area (Å²) in [5.41, 5.74) is 17.2. The molecule has 0 saturated carbocycles. The van der Waals surface area contributed by atoms with Crippen LogP contribution in [-0.4, -0.2) is 19.9 Å². The molecule has 1 aliphatic carbocycles. The molecule has 4 heterocycles. The fourth-order valence-corrected chi connectivity index (χ4v) is 10.4. The summed E-state index contributed by atoms with van der Waals surface area (Å²) in [5.74, 6) is 0. The van der Waals surface area contributed by atoms with Gasteiger partial charge in [0, 0.05) is 50.5 Å². The van der Waals surface area contributed by atoms with Gasteiger partial charge in [-0.2, -0.15) is 0 Å². The second kappa shape index (κ2) is 13.8. The molecule has 0 amide bonds. The van der Waals surface area contributed by atoms with Crippen LogP contribution in [0.5, 0.6) is 0 Å². The monoisotopic (exact) mass is 800 g/mol. The van der Waals surface area contributed by atoms with Crippen LogP contribution in [0.4, 0.5) is 0 Å². The van der Waals surface area contributed by atoms with Crippen molar-refractivity contribution in [2.75, 3.05) is 0 Å². The van der Waals surface area contributed by atoms with Gasteiger partial charge in [-0.25, -0.2) is 9.97 Å². The minimum atomic E-state index is -0.483. The van der Waals surface area contributed by atoms with Crippen LogP contribution in [0, 0.1) is 0 Å². The first-order valence-corrected chi connectivity index (χ1v) is 21.4. The zero-order valence-corrected chi connectivity index (χ0v) is 34.1. The summed E-state index contributed by atoms with van der Waals surface area (Å²) in [6.07, 6.45) is 3.67. The van der Waals surface area contributed by atoms with E-state index in [1.807, 2.05) is 24.5 Å². The minimum Gasteiger partial charge on any atom is -0.254 e. The first-order valence-electron chi connectivity index (χ1n) is 21.4. The molecule has 0 atom stereocenters. The van der Waals surface area contributed by atoms with Crippen molar-refractivity contribution in [2.45, 2.75) is 5.41 Å². The van der Waals surface area contributed by atoms with Gasteiger partial charge in [0.2, 0.25) is 0 Å². The molecule has 0 fully saturated rings. The molecule has 0 aliphatic heterocycles. The summed E-state index contributed by atoms with van der Waals surface area (Å²) in [5, 5.41) is 6.72. The van der Waals surface area contributed by atoms with Gasteiger partial charge < -0.3 is 0 Å². The summed E-state index contributed by atoms with van der Waals surface area (Å²) in [6, 6.07) is 74.4. The van der Waals surface area contributed by atoms with Crippen LogP contribution in [-0.2, 0) is 5.41 Å². The van der Waals surface area contributed by atoms with E-state index in [0.717, 1.165) is 82.6 Å². The highest BCUT2D eigenvalue weighted by Crippen LogP contribution is 2.57. The van der Waals surface area contributed by atoms with Crippen molar-refractivity contribution in [3.05, 3.63) is 241 Å². The SMILES string of the molecule is c1ccc(C2(c3ccccc3)c3ccccc3-c3cc4c(-c5ccc(-c6ccc7cc(-c8cc9cccnc9c9ncccc89)ccc7n6)cc5)nc5ccccc5c4cc32)cc1. The number of rotatable bonds is 5. The van der Waals surface area contributed by atoms with E-state index >= 15 is 0 Å². The molecule has 1 aliphatic rings. The van der Waals surface area contributed by atoms with Crippen LogP contribution in [0.3, 0.4) is 0 Å². The molecule has 12 aromatic rings. The van der Waals surface area contributed by atoms with Gasteiger partial charge in [-0.3, -0.25) is 9.97 Å². The van der Waals surface area contributed by atoms with Crippen LogP contribution in [0.25, 0.3) is 99.2 Å². The summed E-state index contributed by atoms with van der Waals surface area (Å²) in [7, 11) is 0. The van der Waals surface area contributed by atoms with Gasteiger partial charge in [0.05, 0.1) is 38.9 Å². The third-order valence-corrected chi connectivity index (χ3v) is 13.2. The van der Waals surface area contributed by atoms with Crippen molar-refractivity contribution < 1.29 is 0 Å². The van der Waals surface area contributed by atoms with Gasteiger partial charge in [-0.1, -0.05) is 152 Å². The van der Waals surface area contributed by atoms with Gasteiger partial charge >= 0.3 is 0 Å². The van der Waals surface area contributed by atoms with E-state index in [1.54, 1.807) is 0 Å². The van der Waals surface area contributed by atoms with Crippen LogP contribution in [0.2, 0.25) is 0 Å². The lowest BCUT2D eigenvalue weighted by Crippen LogP contribution is -2.28. The molecule has 8 aromatic carbocycles. The summed E-state index contributed by atoms with van der Waals surface area (Å²) in [4.78, 5) is 19.9. The van der Waals surface area contributed by atoms with E-state index in [-0.39, 0.29) is 0 Å². The zero-order chi connectivity index (χ0) is 41.5. The Labute approximate surface area is 363 Å². The highest BCUT2D eigenvalue weighted by atomic mass is 14.7. The molecule has 4 heteroatoms. The normalized spacial score (nSPS) is 12.9. The number of pyridine rings is 4. The Morgan fingerprint density at radius 3 is 1.84 bits per heavy atom. The maximum Gasteiger partial charge on any atom is 0.0970 e. The maximum absolute atomic E-state index is 5.40. The number of benzene rings is 8. The predicted molar refractivity (Wildman–Crippen MR) is 259 cm³/mol. The van der Waals surface area contributed by atoms with Crippen molar-refractivity contribution in [1.82, 2.24) is 19.9 Å². The Hall–Kier alpha value is -8.34. The van der Waals surface area contributed by atoms with Crippen molar-refractivity contribution in [3.8, 4) is 44.8 Å². The summed E-state index contributed by atoms with van der Waals surface area (Å²) >= 11 is 0. The van der Waals surface area contributed by atoms with Crippen LogP contribution in [0.15, 0.2) is 219 Å². The van der Waals surface area contributed by atoms with Gasteiger partial charge in [0.25, 0.3) is 0 Å². The molecule has 0 radical (unpaired) electrons. The maximum atomic E-state index is 5.40. The second-order valence-corrected chi connectivity index (χ2v) is 16.5. The van der Waals surface area contributed by atoms with Crippen molar-refractivity contribution in [1.29, 1.82) is 0 Å². The molecule has 0 bridgehead atoms. The second-order valence-electron chi connectivity index (χ2n) is 16.5. The lowest BCUT2D eigenvalue weighted by molar-refractivity contribution is 0.769. The first kappa shape index (κ1) is 35.4. The Morgan fingerprint density at radius 2 is 1.02 bits per heavy atom. The van der Waals surface area contributed by atoms with Gasteiger partial charge in [-0.05, 0) is 104 Å². The lowest BCUT2D eigenvalue weighted by Gasteiger charge is -2.34. The third kappa shape index (κ3) is 5.35. The van der Waals surface area contributed by atoms with Gasteiger partial charge in [0.15, 0.2) is 0 Å². The molecule has 292 valence electrons. The molecule has 0 unspecified atom stereocenters. The molecule has 63 heavy (non-hydrogen) atoms. The number of hydrogen-bond donors (Lipinski definition) is 0. The minimum absolute atomic E-state index is 0.483. The molecule has 4 aromatic heterocycles. The van der Waals surface area contributed by atoms with Crippen LogP contribution >= 0.6 is 0 Å².